The van der Waals surface area contributed by atoms with Gasteiger partial charge in [0.25, 0.3) is 5.69 Å². The molecule has 0 atom stereocenters. The molecule has 1 aromatic heterocycles. The molecule has 0 bridgehead atoms. The molecule has 0 aliphatic carbocycles. The van der Waals surface area contributed by atoms with Crippen molar-refractivity contribution < 1.29 is 22.5 Å². The molecule has 0 saturated heterocycles. The second kappa shape index (κ2) is 7.65. The highest BCUT2D eigenvalue weighted by atomic mass is 35.5. The molecule has 1 heterocycles. The minimum Gasteiger partial charge on any atom is -0.455 e. The van der Waals surface area contributed by atoms with Crippen molar-refractivity contribution in [3.8, 4) is 11.3 Å². The molecule has 10 heteroatoms. The largest absolute Gasteiger partial charge is 0.455 e. The Kier molecular flexibility index (Phi) is 5.44. The van der Waals surface area contributed by atoms with Gasteiger partial charge in [-0.2, -0.15) is 13.2 Å². The lowest BCUT2D eigenvalue weighted by Crippen LogP contribution is -2.05. The summed E-state index contributed by atoms with van der Waals surface area (Å²) in [5.74, 6) is 0.560. The Balaban J connectivity index is 1.86. The van der Waals surface area contributed by atoms with Crippen LogP contribution >= 0.6 is 23.2 Å². The van der Waals surface area contributed by atoms with Gasteiger partial charge in [0.05, 0.1) is 27.4 Å². The number of hydrogen-bond donors (Lipinski definition) is 0. The monoisotopic (exact) mass is 428 g/mol. The fourth-order valence-corrected chi connectivity index (χ4v) is 2.74. The van der Waals surface area contributed by atoms with Gasteiger partial charge in [-0.1, -0.05) is 23.2 Å². The Morgan fingerprint density at radius 2 is 1.75 bits per heavy atom. The van der Waals surface area contributed by atoms with E-state index >= 15 is 0 Å². The SMILES string of the molecule is O=[N+]([O-])c1cc(-c2ccc(C=Nc3ccc(Cl)c(C(F)(F)F)c3)o2)ccc1Cl. The fourth-order valence-electron chi connectivity index (χ4n) is 2.33. The predicted molar refractivity (Wildman–Crippen MR) is 99.5 cm³/mol. The summed E-state index contributed by atoms with van der Waals surface area (Å²) in [6, 6.07) is 10.5. The van der Waals surface area contributed by atoms with E-state index in [4.69, 9.17) is 27.6 Å². The quantitative estimate of drug-likeness (QED) is 0.257. The molecule has 28 heavy (non-hydrogen) atoms. The van der Waals surface area contributed by atoms with Crippen LogP contribution in [0.1, 0.15) is 11.3 Å². The predicted octanol–water partition coefficient (Wildman–Crippen LogP) is 6.93. The summed E-state index contributed by atoms with van der Waals surface area (Å²) in [5.41, 5.74) is -0.803. The van der Waals surface area contributed by atoms with E-state index in [0.717, 1.165) is 12.1 Å². The van der Waals surface area contributed by atoms with Gasteiger partial charge in [0.1, 0.15) is 16.5 Å². The Morgan fingerprint density at radius 1 is 1.04 bits per heavy atom. The fraction of sp³-hybridized carbons (Fsp3) is 0.0556. The molecule has 5 nitrogen and oxygen atoms in total. The zero-order valence-electron chi connectivity index (χ0n) is 13.7. The Hall–Kier alpha value is -2.84. The number of benzene rings is 2. The summed E-state index contributed by atoms with van der Waals surface area (Å²) in [5, 5.41) is 10.5. The highest BCUT2D eigenvalue weighted by Crippen LogP contribution is 2.37. The van der Waals surface area contributed by atoms with Crippen molar-refractivity contribution in [2.75, 3.05) is 0 Å². The van der Waals surface area contributed by atoms with Gasteiger partial charge in [0.15, 0.2) is 0 Å². The van der Waals surface area contributed by atoms with Gasteiger partial charge in [-0.05, 0) is 42.5 Å². The molecule has 0 unspecified atom stereocenters. The van der Waals surface area contributed by atoms with Crippen molar-refractivity contribution in [3.63, 3.8) is 0 Å². The van der Waals surface area contributed by atoms with Gasteiger partial charge < -0.3 is 4.42 Å². The number of alkyl halides is 3. The van der Waals surface area contributed by atoms with Gasteiger partial charge in [-0.3, -0.25) is 15.1 Å². The van der Waals surface area contributed by atoms with Crippen LogP contribution in [-0.2, 0) is 6.18 Å². The molecule has 144 valence electrons. The Bertz CT molecular complexity index is 1080. The first-order valence-electron chi connectivity index (χ1n) is 7.60. The van der Waals surface area contributed by atoms with E-state index in [1.165, 1.54) is 30.5 Å². The third kappa shape index (κ3) is 4.35. The van der Waals surface area contributed by atoms with Crippen LogP contribution in [0.4, 0.5) is 24.5 Å². The highest BCUT2D eigenvalue weighted by molar-refractivity contribution is 6.32. The van der Waals surface area contributed by atoms with Crippen molar-refractivity contribution in [3.05, 3.63) is 80.0 Å². The molecule has 0 fully saturated rings. The molecule has 0 saturated carbocycles. The minimum absolute atomic E-state index is 0.00898. The number of furan rings is 1. The Morgan fingerprint density at radius 3 is 2.43 bits per heavy atom. The summed E-state index contributed by atoms with van der Waals surface area (Å²) in [4.78, 5) is 14.3. The zero-order valence-corrected chi connectivity index (χ0v) is 15.2. The van der Waals surface area contributed by atoms with Crippen molar-refractivity contribution >= 4 is 40.8 Å². The summed E-state index contributed by atoms with van der Waals surface area (Å²) in [7, 11) is 0. The number of nitrogens with zero attached hydrogens (tertiary/aromatic N) is 2. The first-order chi connectivity index (χ1) is 13.1. The molecule has 3 rings (SSSR count). The maximum Gasteiger partial charge on any atom is 0.417 e. The van der Waals surface area contributed by atoms with E-state index in [9.17, 15) is 23.3 Å². The van der Waals surface area contributed by atoms with Crippen LogP contribution in [0.3, 0.4) is 0 Å². The number of hydrogen-bond acceptors (Lipinski definition) is 4. The average molecular weight is 429 g/mol. The third-order valence-electron chi connectivity index (χ3n) is 3.65. The van der Waals surface area contributed by atoms with Gasteiger partial charge in [0, 0.05) is 11.6 Å². The van der Waals surface area contributed by atoms with Crippen LogP contribution in [-0.4, -0.2) is 11.1 Å². The molecule has 0 spiro atoms. The lowest BCUT2D eigenvalue weighted by molar-refractivity contribution is -0.384. The van der Waals surface area contributed by atoms with E-state index in [0.29, 0.717) is 11.3 Å². The van der Waals surface area contributed by atoms with Gasteiger partial charge in [-0.25, -0.2) is 0 Å². The number of nitro groups is 1. The van der Waals surface area contributed by atoms with E-state index in [1.54, 1.807) is 12.1 Å². The second-order valence-electron chi connectivity index (χ2n) is 5.55. The molecule has 0 N–H and O–H groups in total. The second-order valence-corrected chi connectivity index (χ2v) is 6.36. The van der Waals surface area contributed by atoms with Crippen LogP contribution in [0, 0.1) is 10.1 Å². The molecular weight excluding hydrogens is 420 g/mol. The molecule has 0 radical (unpaired) electrons. The number of aliphatic imine (C=N–C) groups is 1. The van der Waals surface area contributed by atoms with E-state index in [-0.39, 0.29) is 22.2 Å². The lowest BCUT2D eigenvalue weighted by atomic mass is 10.1. The zero-order chi connectivity index (χ0) is 20.5. The number of nitro benzene ring substituents is 1. The smallest absolute Gasteiger partial charge is 0.417 e. The first-order valence-corrected chi connectivity index (χ1v) is 8.36. The molecule has 0 aliphatic rings. The number of rotatable bonds is 4. The molecule has 3 aromatic rings. The maximum absolute atomic E-state index is 12.9. The van der Waals surface area contributed by atoms with E-state index < -0.39 is 21.7 Å². The lowest BCUT2D eigenvalue weighted by Gasteiger charge is -2.08. The van der Waals surface area contributed by atoms with Crippen LogP contribution < -0.4 is 0 Å². The van der Waals surface area contributed by atoms with Gasteiger partial charge >= 0.3 is 6.18 Å². The van der Waals surface area contributed by atoms with Crippen molar-refractivity contribution in [2.24, 2.45) is 4.99 Å². The van der Waals surface area contributed by atoms with E-state index in [2.05, 4.69) is 4.99 Å². The first kappa shape index (κ1) is 19.9. The summed E-state index contributed by atoms with van der Waals surface area (Å²) < 4.78 is 44.2. The summed E-state index contributed by atoms with van der Waals surface area (Å²) in [6.45, 7) is 0. The average Bonchev–Trinajstić information content (AvgIpc) is 3.09. The summed E-state index contributed by atoms with van der Waals surface area (Å²) >= 11 is 11.3. The third-order valence-corrected chi connectivity index (χ3v) is 4.30. The van der Waals surface area contributed by atoms with Crippen LogP contribution in [0.5, 0.6) is 0 Å². The van der Waals surface area contributed by atoms with Gasteiger partial charge in [0.2, 0.25) is 0 Å². The van der Waals surface area contributed by atoms with Crippen molar-refractivity contribution in [2.45, 2.75) is 6.18 Å². The van der Waals surface area contributed by atoms with E-state index in [1.807, 2.05) is 0 Å². The molecular formula is C18H9Cl2F3N2O3. The van der Waals surface area contributed by atoms with Crippen LogP contribution in [0.15, 0.2) is 57.9 Å². The maximum atomic E-state index is 12.9. The standard InChI is InChI=1S/C18H9Cl2F3N2O3/c19-14-5-2-11(8-13(14)18(21,22)23)24-9-12-3-6-17(28-12)10-1-4-15(20)16(7-10)25(26)27/h1-9H. The minimum atomic E-state index is -4.59. The van der Waals surface area contributed by atoms with Crippen molar-refractivity contribution in [1.82, 2.24) is 0 Å². The molecule has 0 aliphatic heterocycles. The van der Waals surface area contributed by atoms with Gasteiger partial charge in [-0.15, -0.1) is 0 Å². The Labute approximate surface area is 166 Å². The highest BCUT2D eigenvalue weighted by Gasteiger charge is 2.33. The number of halogens is 5. The topological polar surface area (TPSA) is 68.6 Å². The molecule has 0 amide bonds. The van der Waals surface area contributed by atoms with Crippen molar-refractivity contribution in [1.29, 1.82) is 0 Å². The summed E-state index contributed by atoms with van der Waals surface area (Å²) in [6.07, 6.45) is -3.36. The van der Waals surface area contributed by atoms with Crippen LogP contribution in [0.2, 0.25) is 10.0 Å². The molecule has 2 aromatic carbocycles. The van der Waals surface area contributed by atoms with Crippen LogP contribution in [0.25, 0.3) is 11.3 Å². The normalized spacial score (nSPS) is 11.9.